The molecule has 0 saturated heterocycles. The molecule has 1 aromatic rings. The highest BCUT2D eigenvalue weighted by molar-refractivity contribution is 5.20. The molecular weight excluding hydrogens is 190 g/mol. The van der Waals surface area contributed by atoms with Crippen molar-refractivity contribution < 1.29 is 19.0 Å². The third kappa shape index (κ3) is 2.75. The van der Waals surface area contributed by atoms with Gasteiger partial charge in [0, 0.05) is 12.2 Å². The average molecular weight is 202 g/mol. The summed E-state index contributed by atoms with van der Waals surface area (Å²) in [5.41, 5.74) is -0.0570. The van der Waals surface area contributed by atoms with Crippen molar-refractivity contribution in [3.05, 3.63) is 35.4 Å². The molecule has 2 nitrogen and oxygen atoms in total. The monoisotopic (exact) mass is 202 g/mol. The van der Waals surface area contributed by atoms with E-state index in [0.29, 0.717) is 6.42 Å². The molecule has 78 valence electrons. The van der Waals surface area contributed by atoms with Gasteiger partial charge in [-0.05, 0) is 31.0 Å². The number of aliphatic hydroxyl groups excluding tert-OH is 2. The molecule has 2 N–H and O–H groups in total. The Morgan fingerprint density at radius 1 is 1.29 bits per heavy atom. The minimum absolute atomic E-state index is 0.0570. The molecule has 0 radical (unpaired) electrons. The molecular formula is C10H12F2O2. The van der Waals surface area contributed by atoms with Crippen LogP contribution in [0, 0.1) is 11.6 Å². The Kier molecular flexibility index (Phi) is 3.98. The van der Waals surface area contributed by atoms with E-state index in [2.05, 4.69) is 0 Å². The van der Waals surface area contributed by atoms with Gasteiger partial charge in [0.15, 0.2) is 0 Å². The number of rotatable bonds is 4. The third-order valence-electron chi connectivity index (χ3n) is 1.95. The fraction of sp³-hybridized carbons (Fsp3) is 0.400. The van der Waals surface area contributed by atoms with Crippen LogP contribution in [0.5, 0.6) is 0 Å². The van der Waals surface area contributed by atoms with Gasteiger partial charge >= 0.3 is 0 Å². The quantitative estimate of drug-likeness (QED) is 0.781. The summed E-state index contributed by atoms with van der Waals surface area (Å²) >= 11 is 0. The van der Waals surface area contributed by atoms with Gasteiger partial charge in [0.1, 0.15) is 11.6 Å². The fourth-order valence-electron chi connectivity index (χ4n) is 1.21. The summed E-state index contributed by atoms with van der Waals surface area (Å²) in [4.78, 5) is 0. The van der Waals surface area contributed by atoms with Gasteiger partial charge in [-0.25, -0.2) is 8.78 Å². The summed E-state index contributed by atoms with van der Waals surface area (Å²) < 4.78 is 25.8. The van der Waals surface area contributed by atoms with Crippen LogP contribution in [0.4, 0.5) is 8.78 Å². The number of aliphatic hydroxyl groups is 2. The van der Waals surface area contributed by atoms with Crippen molar-refractivity contribution in [2.45, 2.75) is 18.9 Å². The maximum absolute atomic E-state index is 13.1. The molecule has 0 aromatic heterocycles. The zero-order chi connectivity index (χ0) is 10.6. The smallest absolute Gasteiger partial charge is 0.129 e. The summed E-state index contributed by atoms with van der Waals surface area (Å²) in [6.45, 7) is -0.0754. The van der Waals surface area contributed by atoms with Crippen LogP contribution in [0.2, 0.25) is 0 Å². The van der Waals surface area contributed by atoms with E-state index >= 15 is 0 Å². The molecule has 1 rings (SSSR count). The first-order chi connectivity index (χ1) is 6.65. The Hall–Kier alpha value is -1.00. The molecule has 0 bridgehead atoms. The molecule has 1 atom stereocenters. The minimum atomic E-state index is -1.06. The first-order valence-corrected chi connectivity index (χ1v) is 4.39. The molecule has 0 fully saturated rings. The average Bonchev–Trinajstić information content (AvgIpc) is 2.18. The summed E-state index contributed by atoms with van der Waals surface area (Å²) in [5, 5.41) is 17.9. The van der Waals surface area contributed by atoms with E-state index in [-0.39, 0.29) is 18.6 Å². The van der Waals surface area contributed by atoms with Gasteiger partial charge in [-0.1, -0.05) is 0 Å². The van der Waals surface area contributed by atoms with Gasteiger partial charge in [0.25, 0.3) is 0 Å². The second-order valence-electron chi connectivity index (χ2n) is 3.05. The summed E-state index contributed by atoms with van der Waals surface area (Å²) in [7, 11) is 0. The zero-order valence-corrected chi connectivity index (χ0v) is 7.58. The lowest BCUT2D eigenvalue weighted by atomic mass is 10.0. The van der Waals surface area contributed by atoms with E-state index in [1.807, 2.05) is 0 Å². The lowest BCUT2D eigenvalue weighted by Gasteiger charge is -2.10. The van der Waals surface area contributed by atoms with Crippen molar-refractivity contribution in [2.75, 3.05) is 6.61 Å². The number of hydrogen-bond donors (Lipinski definition) is 2. The maximum atomic E-state index is 13.1. The molecule has 0 aliphatic heterocycles. The number of benzene rings is 1. The molecule has 0 heterocycles. The molecule has 0 saturated carbocycles. The topological polar surface area (TPSA) is 40.5 Å². The first kappa shape index (κ1) is 11.1. The van der Waals surface area contributed by atoms with Crippen LogP contribution in [0.3, 0.4) is 0 Å². The predicted molar refractivity (Wildman–Crippen MR) is 47.6 cm³/mol. The first-order valence-electron chi connectivity index (χ1n) is 4.39. The van der Waals surface area contributed by atoms with Gasteiger partial charge in [-0.2, -0.15) is 0 Å². The highest BCUT2D eigenvalue weighted by atomic mass is 19.1. The lowest BCUT2D eigenvalue weighted by Crippen LogP contribution is -2.02. The van der Waals surface area contributed by atoms with E-state index in [0.717, 1.165) is 18.2 Å². The minimum Gasteiger partial charge on any atom is -0.396 e. The van der Waals surface area contributed by atoms with E-state index < -0.39 is 17.7 Å². The molecule has 14 heavy (non-hydrogen) atoms. The molecule has 0 spiro atoms. The van der Waals surface area contributed by atoms with Crippen molar-refractivity contribution in [3.63, 3.8) is 0 Å². The third-order valence-corrected chi connectivity index (χ3v) is 1.95. The van der Waals surface area contributed by atoms with Crippen LogP contribution < -0.4 is 0 Å². The van der Waals surface area contributed by atoms with Crippen LogP contribution in [0.15, 0.2) is 18.2 Å². The zero-order valence-electron chi connectivity index (χ0n) is 7.58. The van der Waals surface area contributed by atoms with Crippen LogP contribution >= 0.6 is 0 Å². The lowest BCUT2D eigenvalue weighted by molar-refractivity contribution is 0.147. The summed E-state index contributed by atoms with van der Waals surface area (Å²) in [6, 6.07) is 2.95. The van der Waals surface area contributed by atoms with E-state index in [9.17, 15) is 13.9 Å². The molecule has 4 heteroatoms. The van der Waals surface area contributed by atoms with E-state index in [4.69, 9.17) is 5.11 Å². The fourth-order valence-corrected chi connectivity index (χ4v) is 1.21. The van der Waals surface area contributed by atoms with E-state index in [1.165, 1.54) is 0 Å². The number of halogens is 2. The second-order valence-corrected chi connectivity index (χ2v) is 3.05. The Morgan fingerprint density at radius 2 is 2.00 bits per heavy atom. The highest BCUT2D eigenvalue weighted by Gasteiger charge is 2.12. The highest BCUT2D eigenvalue weighted by Crippen LogP contribution is 2.21. The van der Waals surface area contributed by atoms with Gasteiger partial charge in [-0.15, -0.1) is 0 Å². The molecule has 1 aromatic carbocycles. The Morgan fingerprint density at radius 3 is 2.64 bits per heavy atom. The van der Waals surface area contributed by atoms with Crippen molar-refractivity contribution in [1.29, 1.82) is 0 Å². The van der Waals surface area contributed by atoms with Gasteiger partial charge < -0.3 is 10.2 Å². The van der Waals surface area contributed by atoms with Crippen molar-refractivity contribution in [2.24, 2.45) is 0 Å². The van der Waals surface area contributed by atoms with Crippen LogP contribution in [0.25, 0.3) is 0 Å². The van der Waals surface area contributed by atoms with Crippen molar-refractivity contribution in [3.8, 4) is 0 Å². The Labute approximate surface area is 80.8 Å². The molecule has 0 aliphatic rings. The summed E-state index contributed by atoms with van der Waals surface area (Å²) in [6.07, 6.45) is -0.480. The van der Waals surface area contributed by atoms with Crippen molar-refractivity contribution >= 4 is 0 Å². The Bertz CT molecular complexity index is 302. The maximum Gasteiger partial charge on any atom is 0.129 e. The number of hydrogen-bond acceptors (Lipinski definition) is 2. The second kappa shape index (κ2) is 5.02. The normalized spacial score (nSPS) is 12.9. The molecule has 1 unspecified atom stereocenters. The van der Waals surface area contributed by atoms with Gasteiger partial charge in [0.05, 0.1) is 6.10 Å². The van der Waals surface area contributed by atoms with Gasteiger partial charge in [-0.3, -0.25) is 0 Å². The van der Waals surface area contributed by atoms with Crippen LogP contribution in [-0.2, 0) is 0 Å². The predicted octanol–water partition coefficient (Wildman–Crippen LogP) is 1.77. The standard InChI is InChI=1S/C10H12F2O2/c11-7-3-4-9(12)8(6-7)10(14)2-1-5-13/h3-4,6,10,13-14H,1-2,5H2. The molecule has 0 amide bonds. The summed E-state index contributed by atoms with van der Waals surface area (Å²) in [5.74, 6) is -1.21. The Balaban J connectivity index is 2.77. The largest absolute Gasteiger partial charge is 0.396 e. The van der Waals surface area contributed by atoms with Crippen LogP contribution in [-0.4, -0.2) is 16.8 Å². The van der Waals surface area contributed by atoms with Crippen LogP contribution in [0.1, 0.15) is 24.5 Å². The molecule has 0 aliphatic carbocycles. The SMILES string of the molecule is OCCCC(O)c1cc(F)ccc1F. The van der Waals surface area contributed by atoms with Crippen molar-refractivity contribution in [1.82, 2.24) is 0 Å². The van der Waals surface area contributed by atoms with E-state index in [1.54, 1.807) is 0 Å². The van der Waals surface area contributed by atoms with Gasteiger partial charge in [0.2, 0.25) is 0 Å².